The first kappa shape index (κ1) is 14.5. The summed E-state index contributed by atoms with van der Waals surface area (Å²) >= 11 is 3.27. The largest absolute Gasteiger partial charge is 0.478 e. The van der Waals surface area contributed by atoms with Gasteiger partial charge >= 0.3 is 5.97 Å². The van der Waals surface area contributed by atoms with Crippen LogP contribution in [0.2, 0.25) is 0 Å². The zero-order valence-corrected chi connectivity index (χ0v) is 12.0. The van der Waals surface area contributed by atoms with Crippen molar-refractivity contribution in [2.45, 2.75) is 20.0 Å². The summed E-state index contributed by atoms with van der Waals surface area (Å²) < 4.78 is 10.9. The van der Waals surface area contributed by atoms with Crippen molar-refractivity contribution >= 4 is 21.9 Å². The van der Waals surface area contributed by atoms with Gasteiger partial charge in [-0.25, -0.2) is 4.79 Å². The molecule has 0 radical (unpaired) electrons. The van der Waals surface area contributed by atoms with Crippen LogP contribution in [0.4, 0.5) is 0 Å². The molecule has 1 aromatic carbocycles. The maximum absolute atomic E-state index is 11.6. The van der Waals surface area contributed by atoms with E-state index in [1.165, 1.54) is 7.11 Å². The minimum absolute atomic E-state index is 0.00753. The molecular weight excluding hydrogens is 298 g/mol. The first-order valence-corrected chi connectivity index (χ1v) is 6.23. The second-order valence-corrected chi connectivity index (χ2v) is 4.91. The van der Waals surface area contributed by atoms with Gasteiger partial charge in [0.25, 0.3) is 0 Å². The number of nitrogens with zero attached hydrogens (tertiary/aromatic N) is 1. The van der Waals surface area contributed by atoms with E-state index in [4.69, 9.17) is 14.7 Å². The van der Waals surface area contributed by atoms with E-state index in [0.29, 0.717) is 15.8 Å². The van der Waals surface area contributed by atoms with Gasteiger partial charge in [-0.15, -0.1) is 0 Å². The van der Waals surface area contributed by atoms with Gasteiger partial charge in [0.1, 0.15) is 11.8 Å². The lowest BCUT2D eigenvalue weighted by atomic mass is 10.1. The highest BCUT2D eigenvalue weighted by molar-refractivity contribution is 9.10. The summed E-state index contributed by atoms with van der Waals surface area (Å²) in [7, 11) is 1.33. The lowest BCUT2D eigenvalue weighted by Crippen LogP contribution is -2.33. The van der Waals surface area contributed by atoms with Gasteiger partial charge in [0.05, 0.1) is 12.7 Å². The fourth-order valence-electron chi connectivity index (χ4n) is 1.38. The normalized spacial score (nSPS) is 11.8. The standard InChI is InChI=1S/C13H14BrNO3/c1-8(2)12(13(16)17-3)18-10-5-4-9(7-15)11(14)6-10/h4-6,8,12H,1-3H3. The molecule has 1 aromatic rings. The molecule has 0 heterocycles. The van der Waals surface area contributed by atoms with Crippen LogP contribution in [0.5, 0.6) is 5.75 Å². The number of esters is 1. The molecule has 5 heteroatoms. The summed E-state index contributed by atoms with van der Waals surface area (Å²) in [6.07, 6.45) is -0.658. The average Bonchev–Trinajstić information content (AvgIpc) is 2.35. The second kappa shape index (κ2) is 6.41. The van der Waals surface area contributed by atoms with Crippen LogP contribution in [-0.4, -0.2) is 19.2 Å². The Morgan fingerprint density at radius 2 is 2.11 bits per heavy atom. The van der Waals surface area contributed by atoms with Gasteiger partial charge in [-0.05, 0) is 34.1 Å². The third kappa shape index (κ3) is 3.47. The topological polar surface area (TPSA) is 59.3 Å². The number of carbonyl (C=O) groups is 1. The van der Waals surface area contributed by atoms with Crippen LogP contribution in [0, 0.1) is 17.2 Å². The summed E-state index contributed by atoms with van der Waals surface area (Å²) in [6.45, 7) is 3.75. The zero-order valence-electron chi connectivity index (χ0n) is 10.4. The van der Waals surface area contributed by atoms with Crippen molar-refractivity contribution in [1.82, 2.24) is 0 Å². The SMILES string of the molecule is COC(=O)C(Oc1ccc(C#N)c(Br)c1)C(C)C. The quantitative estimate of drug-likeness (QED) is 0.802. The fourth-order valence-corrected chi connectivity index (χ4v) is 1.83. The van der Waals surface area contributed by atoms with Crippen LogP contribution in [0.25, 0.3) is 0 Å². The second-order valence-electron chi connectivity index (χ2n) is 4.06. The molecule has 0 bridgehead atoms. The summed E-state index contributed by atoms with van der Waals surface area (Å²) in [6, 6.07) is 6.99. The van der Waals surface area contributed by atoms with Crippen molar-refractivity contribution in [3.63, 3.8) is 0 Å². The molecule has 0 aromatic heterocycles. The number of rotatable bonds is 4. The molecule has 0 saturated carbocycles. The Morgan fingerprint density at radius 1 is 1.44 bits per heavy atom. The third-order valence-electron chi connectivity index (χ3n) is 2.36. The Kier molecular flexibility index (Phi) is 5.17. The number of ether oxygens (including phenoxy) is 2. The highest BCUT2D eigenvalue weighted by Gasteiger charge is 2.25. The minimum atomic E-state index is -0.658. The van der Waals surface area contributed by atoms with Crippen molar-refractivity contribution in [1.29, 1.82) is 5.26 Å². The summed E-state index contributed by atoms with van der Waals surface area (Å²) in [4.78, 5) is 11.6. The van der Waals surface area contributed by atoms with Gasteiger partial charge < -0.3 is 9.47 Å². The van der Waals surface area contributed by atoms with E-state index in [-0.39, 0.29) is 5.92 Å². The first-order valence-electron chi connectivity index (χ1n) is 5.43. The maximum atomic E-state index is 11.6. The number of benzene rings is 1. The average molecular weight is 312 g/mol. The zero-order chi connectivity index (χ0) is 13.7. The Balaban J connectivity index is 2.92. The van der Waals surface area contributed by atoms with E-state index >= 15 is 0 Å². The highest BCUT2D eigenvalue weighted by Crippen LogP contribution is 2.24. The van der Waals surface area contributed by atoms with Crippen LogP contribution in [-0.2, 0) is 9.53 Å². The van der Waals surface area contributed by atoms with Gasteiger partial charge in [0.15, 0.2) is 6.10 Å². The van der Waals surface area contributed by atoms with Crippen LogP contribution >= 0.6 is 15.9 Å². The maximum Gasteiger partial charge on any atom is 0.347 e. The van der Waals surface area contributed by atoms with Crippen molar-refractivity contribution < 1.29 is 14.3 Å². The third-order valence-corrected chi connectivity index (χ3v) is 3.02. The summed E-state index contributed by atoms with van der Waals surface area (Å²) in [5, 5.41) is 8.81. The number of hydrogen-bond acceptors (Lipinski definition) is 4. The van der Waals surface area contributed by atoms with E-state index < -0.39 is 12.1 Å². The number of hydrogen-bond donors (Lipinski definition) is 0. The lowest BCUT2D eigenvalue weighted by molar-refractivity contribution is -0.150. The molecule has 0 saturated heterocycles. The molecule has 96 valence electrons. The Hall–Kier alpha value is -1.54. The Labute approximate surface area is 115 Å². The first-order chi connectivity index (χ1) is 8.49. The molecule has 0 amide bonds. The van der Waals surface area contributed by atoms with Gasteiger partial charge in [-0.3, -0.25) is 0 Å². The Bertz CT molecular complexity index is 480. The molecule has 1 unspecified atom stereocenters. The smallest absolute Gasteiger partial charge is 0.347 e. The van der Waals surface area contributed by atoms with E-state index in [1.807, 2.05) is 19.9 Å². The van der Waals surface area contributed by atoms with E-state index in [1.54, 1.807) is 18.2 Å². The lowest BCUT2D eigenvalue weighted by Gasteiger charge is -2.20. The molecule has 0 spiro atoms. The highest BCUT2D eigenvalue weighted by atomic mass is 79.9. The van der Waals surface area contributed by atoms with E-state index in [9.17, 15) is 4.79 Å². The van der Waals surface area contributed by atoms with Crippen LogP contribution < -0.4 is 4.74 Å². The predicted molar refractivity (Wildman–Crippen MR) is 70.1 cm³/mol. The fraction of sp³-hybridized carbons (Fsp3) is 0.385. The van der Waals surface area contributed by atoms with Crippen LogP contribution in [0.15, 0.2) is 22.7 Å². The number of halogens is 1. The van der Waals surface area contributed by atoms with Gasteiger partial charge in [0, 0.05) is 10.4 Å². The monoisotopic (exact) mass is 311 g/mol. The molecule has 1 rings (SSSR count). The molecule has 18 heavy (non-hydrogen) atoms. The van der Waals surface area contributed by atoms with Gasteiger partial charge in [-0.2, -0.15) is 5.26 Å². The summed E-state index contributed by atoms with van der Waals surface area (Å²) in [5.74, 6) is 0.0994. The molecule has 0 fully saturated rings. The number of carbonyl (C=O) groups excluding carboxylic acids is 1. The van der Waals surface area contributed by atoms with E-state index in [2.05, 4.69) is 15.9 Å². The minimum Gasteiger partial charge on any atom is -0.478 e. The van der Waals surface area contributed by atoms with Gasteiger partial charge in [0.2, 0.25) is 0 Å². The van der Waals surface area contributed by atoms with Crippen molar-refractivity contribution in [3.05, 3.63) is 28.2 Å². The number of nitriles is 1. The molecule has 4 nitrogen and oxygen atoms in total. The van der Waals surface area contributed by atoms with Crippen molar-refractivity contribution in [3.8, 4) is 11.8 Å². The Morgan fingerprint density at radius 3 is 2.56 bits per heavy atom. The summed E-state index contributed by atoms with van der Waals surface area (Å²) in [5.41, 5.74) is 0.515. The molecular formula is C13H14BrNO3. The van der Waals surface area contributed by atoms with E-state index in [0.717, 1.165) is 0 Å². The van der Waals surface area contributed by atoms with Crippen LogP contribution in [0.1, 0.15) is 19.4 Å². The van der Waals surface area contributed by atoms with Crippen molar-refractivity contribution in [2.24, 2.45) is 5.92 Å². The predicted octanol–water partition coefficient (Wildman–Crippen LogP) is 2.90. The molecule has 0 aliphatic heterocycles. The van der Waals surface area contributed by atoms with Gasteiger partial charge in [-0.1, -0.05) is 13.8 Å². The van der Waals surface area contributed by atoms with Crippen LogP contribution in [0.3, 0.4) is 0 Å². The molecule has 0 aliphatic rings. The number of methoxy groups -OCH3 is 1. The van der Waals surface area contributed by atoms with Crippen molar-refractivity contribution in [2.75, 3.05) is 7.11 Å². The molecule has 1 atom stereocenters. The molecule has 0 N–H and O–H groups in total. The molecule has 0 aliphatic carbocycles.